The van der Waals surface area contributed by atoms with Crippen LogP contribution in [0.5, 0.6) is 0 Å². The van der Waals surface area contributed by atoms with Crippen molar-refractivity contribution in [3.8, 4) is 0 Å². The SMILES string of the molecule is CS(=O)(=O)Nc1ccc(NC(=O)c2ccc(Cl)c([N+](=O)[O-])c2)cc1F. The number of sulfonamides is 1. The molecule has 0 unspecified atom stereocenters. The van der Waals surface area contributed by atoms with Crippen LogP contribution in [0.15, 0.2) is 36.4 Å². The van der Waals surface area contributed by atoms with Gasteiger partial charge in [0.1, 0.15) is 10.8 Å². The van der Waals surface area contributed by atoms with Crippen LogP contribution in [-0.2, 0) is 10.0 Å². The van der Waals surface area contributed by atoms with Gasteiger partial charge in [0, 0.05) is 17.3 Å². The highest BCUT2D eigenvalue weighted by atomic mass is 35.5. The monoisotopic (exact) mass is 387 g/mol. The van der Waals surface area contributed by atoms with Gasteiger partial charge in [-0.05, 0) is 30.3 Å². The lowest BCUT2D eigenvalue weighted by Crippen LogP contribution is -2.14. The van der Waals surface area contributed by atoms with Gasteiger partial charge in [-0.25, -0.2) is 12.8 Å². The molecule has 0 atom stereocenters. The molecule has 0 heterocycles. The first-order valence-corrected chi connectivity index (χ1v) is 8.86. The van der Waals surface area contributed by atoms with Gasteiger partial charge in [-0.15, -0.1) is 0 Å². The second-order valence-corrected chi connectivity index (χ2v) is 7.10. The predicted molar refractivity (Wildman–Crippen MR) is 90.9 cm³/mol. The van der Waals surface area contributed by atoms with E-state index in [1.54, 1.807) is 0 Å². The van der Waals surface area contributed by atoms with Gasteiger partial charge < -0.3 is 5.32 Å². The third-order valence-corrected chi connectivity index (χ3v) is 3.84. The number of hydrogen-bond acceptors (Lipinski definition) is 5. The molecule has 1 amide bonds. The maximum atomic E-state index is 13.9. The van der Waals surface area contributed by atoms with Crippen molar-refractivity contribution in [1.29, 1.82) is 0 Å². The van der Waals surface area contributed by atoms with Gasteiger partial charge in [-0.3, -0.25) is 19.6 Å². The maximum absolute atomic E-state index is 13.9. The van der Waals surface area contributed by atoms with Crippen LogP contribution in [0.25, 0.3) is 0 Å². The Kier molecular flexibility index (Phi) is 5.24. The third-order valence-electron chi connectivity index (χ3n) is 2.93. The van der Waals surface area contributed by atoms with Crippen LogP contribution in [0, 0.1) is 15.9 Å². The summed E-state index contributed by atoms with van der Waals surface area (Å²) >= 11 is 5.67. The molecule has 2 aromatic carbocycles. The van der Waals surface area contributed by atoms with Gasteiger partial charge in [-0.2, -0.15) is 0 Å². The smallest absolute Gasteiger partial charge is 0.288 e. The number of amides is 1. The van der Waals surface area contributed by atoms with Crippen molar-refractivity contribution in [2.75, 3.05) is 16.3 Å². The highest BCUT2D eigenvalue weighted by Crippen LogP contribution is 2.26. The van der Waals surface area contributed by atoms with Gasteiger partial charge in [0.05, 0.1) is 16.9 Å². The average Bonchev–Trinajstić information content (AvgIpc) is 2.49. The molecule has 0 saturated heterocycles. The largest absolute Gasteiger partial charge is 0.322 e. The van der Waals surface area contributed by atoms with Gasteiger partial charge in [0.15, 0.2) is 0 Å². The molecule has 0 aliphatic carbocycles. The summed E-state index contributed by atoms with van der Waals surface area (Å²) in [4.78, 5) is 22.2. The lowest BCUT2D eigenvalue weighted by Gasteiger charge is -2.09. The number of nitro groups is 1. The fourth-order valence-corrected chi connectivity index (χ4v) is 2.62. The van der Waals surface area contributed by atoms with Crippen molar-refractivity contribution >= 4 is 44.6 Å². The molecule has 0 saturated carbocycles. The van der Waals surface area contributed by atoms with Gasteiger partial charge in [-0.1, -0.05) is 11.6 Å². The molecule has 2 N–H and O–H groups in total. The Balaban J connectivity index is 2.22. The molecule has 11 heteroatoms. The van der Waals surface area contributed by atoms with Crippen molar-refractivity contribution in [2.24, 2.45) is 0 Å². The summed E-state index contributed by atoms with van der Waals surface area (Å²) in [5.41, 5.74) is -0.718. The normalized spacial score (nSPS) is 11.0. The number of carbonyl (C=O) groups is 1. The molecule has 25 heavy (non-hydrogen) atoms. The minimum atomic E-state index is -3.65. The zero-order valence-electron chi connectivity index (χ0n) is 12.6. The van der Waals surface area contributed by atoms with Crippen LogP contribution in [-0.4, -0.2) is 25.5 Å². The first-order valence-electron chi connectivity index (χ1n) is 6.59. The van der Waals surface area contributed by atoms with Crippen molar-refractivity contribution < 1.29 is 22.5 Å². The molecule has 0 bridgehead atoms. The van der Waals surface area contributed by atoms with Crippen molar-refractivity contribution in [3.63, 3.8) is 0 Å². The third kappa shape index (κ3) is 4.88. The number of anilines is 2. The van der Waals surface area contributed by atoms with Crippen LogP contribution in [0.1, 0.15) is 10.4 Å². The summed E-state index contributed by atoms with van der Waals surface area (Å²) in [6.07, 6.45) is 0.871. The van der Waals surface area contributed by atoms with E-state index >= 15 is 0 Å². The highest BCUT2D eigenvalue weighted by molar-refractivity contribution is 7.92. The molecule has 8 nitrogen and oxygen atoms in total. The number of nitrogens with one attached hydrogen (secondary N) is 2. The maximum Gasteiger partial charge on any atom is 0.288 e. The van der Waals surface area contributed by atoms with Gasteiger partial charge in [0.25, 0.3) is 11.6 Å². The molecule has 0 aliphatic rings. The molecule has 2 rings (SSSR count). The topological polar surface area (TPSA) is 118 Å². The van der Waals surface area contributed by atoms with Crippen molar-refractivity contribution in [3.05, 3.63) is 62.9 Å². The summed E-state index contributed by atoms with van der Waals surface area (Å²) in [5.74, 6) is -1.62. The van der Waals surface area contributed by atoms with Crippen LogP contribution in [0.3, 0.4) is 0 Å². The van der Waals surface area contributed by atoms with Crippen LogP contribution in [0.4, 0.5) is 21.5 Å². The van der Waals surface area contributed by atoms with E-state index < -0.39 is 32.4 Å². The van der Waals surface area contributed by atoms with E-state index in [0.29, 0.717) is 0 Å². The number of hydrogen-bond donors (Lipinski definition) is 2. The quantitative estimate of drug-likeness (QED) is 0.603. The van der Waals surface area contributed by atoms with Crippen LogP contribution >= 0.6 is 11.6 Å². The van der Waals surface area contributed by atoms with E-state index in [9.17, 15) is 27.7 Å². The zero-order valence-corrected chi connectivity index (χ0v) is 14.2. The summed E-state index contributed by atoms with van der Waals surface area (Å²) in [7, 11) is -3.65. The molecule has 0 radical (unpaired) electrons. The van der Waals surface area contributed by atoms with E-state index in [4.69, 9.17) is 11.6 Å². The number of halogens is 2. The van der Waals surface area contributed by atoms with E-state index in [-0.39, 0.29) is 22.0 Å². The average molecular weight is 388 g/mol. The number of nitrogens with zero attached hydrogens (tertiary/aromatic N) is 1. The Morgan fingerprint density at radius 2 is 1.92 bits per heavy atom. The Bertz CT molecular complexity index is 965. The molecule has 0 aromatic heterocycles. The summed E-state index contributed by atoms with van der Waals surface area (Å²) in [6.45, 7) is 0. The van der Waals surface area contributed by atoms with Gasteiger partial charge >= 0.3 is 0 Å². The number of nitro benzene ring substituents is 1. The minimum Gasteiger partial charge on any atom is -0.322 e. The lowest BCUT2D eigenvalue weighted by molar-refractivity contribution is -0.384. The van der Waals surface area contributed by atoms with E-state index in [2.05, 4.69) is 5.32 Å². The van der Waals surface area contributed by atoms with Crippen LogP contribution in [0.2, 0.25) is 5.02 Å². The Morgan fingerprint density at radius 1 is 1.24 bits per heavy atom. The molecular weight excluding hydrogens is 377 g/mol. The molecular formula is C14H11ClFN3O5S. The summed E-state index contributed by atoms with van der Waals surface area (Å²) < 4.78 is 38.1. The van der Waals surface area contributed by atoms with Crippen molar-refractivity contribution in [1.82, 2.24) is 0 Å². The standard InChI is InChI=1S/C14H11ClFN3O5S/c1-25(23,24)18-12-5-3-9(7-11(12)16)17-14(20)8-2-4-10(15)13(6-8)19(21)22/h2-7,18H,1H3,(H,17,20). The molecule has 0 spiro atoms. The fraction of sp³-hybridized carbons (Fsp3) is 0.0714. The first-order chi connectivity index (χ1) is 11.6. The summed E-state index contributed by atoms with van der Waals surface area (Å²) in [5, 5.41) is 13.1. The highest BCUT2D eigenvalue weighted by Gasteiger charge is 2.17. The number of rotatable bonds is 5. The first kappa shape index (κ1) is 18.6. The summed E-state index contributed by atoms with van der Waals surface area (Å²) in [6, 6.07) is 6.80. The van der Waals surface area contributed by atoms with Crippen molar-refractivity contribution in [2.45, 2.75) is 0 Å². The molecule has 0 aliphatic heterocycles. The van der Waals surface area contributed by atoms with Gasteiger partial charge in [0.2, 0.25) is 10.0 Å². The Labute approximate surface area is 146 Å². The van der Waals surface area contributed by atoms with E-state index in [1.165, 1.54) is 18.2 Å². The number of carbonyl (C=O) groups excluding carboxylic acids is 1. The predicted octanol–water partition coefficient (Wildman–Crippen LogP) is 3.01. The molecule has 132 valence electrons. The van der Waals surface area contributed by atoms with Crippen LogP contribution < -0.4 is 10.0 Å². The lowest BCUT2D eigenvalue weighted by atomic mass is 10.2. The second-order valence-electron chi connectivity index (χ2n) is 4.95. The van der Waals surface area contributed by atoms with E-state index in [0.717, 1.165) is 24.5 Å². The Morgan fingerprint density at radius 3 is 2.48 bits per heavy atom. The minimum absolute atomic E-state index is 0.0409. The fourth-order valence-electron chi connectivity index (χ4n) is 1.87. The zero-order chi connectivity index (χ0) is 18.8. The van der Waals surface area contributed by atoms with E-state index in [1.807, 2.05) is 4.72 Å². The Hall–Kier alpha value is -2.72. The molecule has 2 aromatic rings. The number of benzene rings is 2. The second kappa shape index (κ2) is 7.03. The molecule has 0 fully saturated rings.